The quantitative estimate of drug-likeness (QED) is 0.728. The Labute approximate surface area is 109 Å². The van der Waals surface area contributed by atoms with Crippen LogP contribution in [0.1, 0.15) is 41.0 Å². The predicted octanol–water partition coefficient (Wildman–Crippen LogP) is 2.44. The Kier molecular flexibility index (Phi) is 6.15. The molecule has 0 bridgehead atoms. The lowest BCUT2D eigenvalue weighted by Crippen LogP contribution is -2.45. The number of carbonyl (C=O) groups is 2. The zero-order chi connectivity index (χ0) is 14.5. The van der Waals surface area contributed by atoms with Crippen molar-refractivity contribution < 1.29 is 19.1 Å². The van der Waals surface area contributed by atoms with E-state index >= 15 is 0 Å². The van der Waals surface area contributed by atoms with Crippen molar-refractivity contribution in [2.45, 2.75) is 52.7 Å². The van der Waals surface area contributed by atoms with Gasteiger partial charge in [0.15, 0.2) is 0 Å². The Balaban J connectivity index is 4.79. The molecule has 0 aliphatic carbocycles. The topological polar surface area (TPSA) is 55.8 Å². The molecule has 0 fully saturated rings. The molecule has 0 aliphatic heterocycles. The van der Waals surface area contributed by atoms with Crippen LogP contribution in [-0.2, 0) is 14.3 Å². The number of likely N-dealkylation sites (N-methyl/N-ethyl adjacent to an activating group) is 1. The molecule has 0 aromatic rings. The summed E-state index contributed by atoms with van der Waals surface area (Å²) in [5.74, 6) is -0.143. The van der Waals surface area contributed by atoms with Crippen molar-refractivity contribution in [2.75, 3.05) is 14.2 Å². The molecule has 0 heterocycles. The molecule has 1 atom stereocenters. The van der Waals surface area contributed by atoms with Crippen molar-refractivity contribution >= 4 is 12.1 Å². The highest BCUT2D eigenvalue weighted by Gasteiger charge is 2.31. The Bertz CT molecular complexity index is 294. The first-order valence-corrected chi connectivity index (χ1v) is 6.12. The maximum absolute atomic E-state index is 11.9. The molecular formula is C13H25NO4. The number of nitrogens with zero attached hydrogens (tertiary/aromatic N) is 1. The van der Waals surface area contributed by atoms with E-state index in [-0.39, 0.29) is 5.92 Å². The highest BCUT2D eigenvalue weighted by Crippen LogP contribution is 2.16. The van der Waals surface area contributed by atoms with Gasteiger partial charge in [-0.1, -0.05) is 13.8 Å². The van der Waals surface area contributed by atoms with Crippen molar-refractivity contribution in [2.24, 2.45) is 5.92 Å². The summed E-state index contributed by atoms with van der Waals surface area (Å²) in [7, 11) is 2.87. The van der Waals surface area contributed by atoms with Gasteiger partial charge in [-0.3, -0.25) is 4.90 Å². The Hall–Kier alpha value is -1.26. The minimum absolute atomic E-state index is 0.277. The number of rotatable bonds is 4. The summed E-state index contributed by atoms with van der Waals surface area (Å²) in [6.07, 6.45) is 0.0288. The molecule has 106 valence electrons. The molecule has 0 spiro atoms. The van der Waals surface area contributed by atoms with Gasteiger partial charge < -0.3 is 9.47 Å². The summed E-state index contributed by atoms with van der Waals surface area (Å²) in [6, 6.07) is -0.607. The molecule has 0 rings (SSSR count). The maximum Gasteiger partial charge on any atom is 0.410 e. The van der Waals surface area contributed by atoms with Gasteiger partial charge in [-0.2, -0.15) is 0 Å². The monoisotopic (exact) mass is 259 g/mol. The van der Waals surface area contributed by atoms with Crippen molar-refractivity contribution in [3.8, 4) is 0 Å². The van der Waals surface area contributed by atoms with Gasteiger partial charge in [0.25, 0.3) is 0 Å². The normalized spacial score (nSPS) is 13.1. The summed E-state index contributed by atoms with van der Waals surface area (Å²) in [5, 5.41) is 0. The molecule has 0 saturated carbocycles. The van der Waals surface area contributed by atoms with Gasteiger partial charge >= 0.3 is 12.1 Å². The number of carbonyl (C=O) groups excluding carboxylic acids is 2. The average Bonchev–Trinajstić information content (AvgIpc) is 2.21. The third-order valence-electron chi connectivity index (χ3n) is 2.32. The van der Waals surface area contributed by atoms with Crippen LogP contribution in [0.2, 0.25) is 0 Å². The molecule has 18 heavy (non-hydrogen) atoms. The van der Waals surface area contributed by atoms with Gasteiger partial charge in [-0.15, -0.1) is 0 Å². The van der Waals surface area contributed by atoms with E-state index < -0.39 is 23.7 Å². The number of amides is 1. The molecule has 1 unspecified atom stereocenters. The van der Waals surface area contributed by atoms with Gasteiger partial charge in [0, 0.05) is 7.05 Å². The molecular weight excluding hydrogens is 234 g/mol. The van der Waals surface area contributed by atoms with E-state index in [1.807, 2.05) is 13.8 Å². The fraction of sp³-hybridized carbons (Fsp3) is 0.846. The van der Waals surface area contributed by atoms with E-state index in [9.17, 15) is 9.59 Å². The zero-order valence-electron chi connectivity index (χ0n) is 12.4. The number of esters is 1. The average molecular weight is 259 g/mol. The van der Waals surface area contributed by atoms with Crippen molar-refractivity contribution in [1.82, 2.24) is 4.90 Å². The summed E-state index contributed by atoms with van der Waals surface area (Å²) < 4.78 is 9.96. The first-order valence-electron chi connectivity index (χ1n) is 6.12. The summed E-state index contributed by atoms with van der Waals surface area (Å²) in [5.41, 5.74) is -0.580. The standard InChI is InChI=1S/C13H25NO4/c1-9(2)8-10(11(15)17-7)14(6)12(16)18-13(3,4)5/h9-10H,8H2,1-7H3. The highest BCUT2D eigenvalue weighted by molar-refractivity contribution is 5.81. The zero-order valence-corrected chi connectivity index (χ0v) is 12.4. The van der Waals surface area contributed by atoms with Crippen LogP contribution in [0.15, 0.2) is 0 Å². The van der Waals surface area contributed by atoms with E-state index in [4.69, 9.17) is 9.47 Å². The fourth-order valence-corrected chi connectivity index (χ4v) is 1.46. The first kappa shape index (κ1) is 16.7. The van der Waals surface area contributed by atoms with E-state index in [1.54, 1.807) is 27.8 Å². The lowest BCUT2D eigenvalue weighted by Gasteiger charge is -2.30. The molecule has 0 radical (unpaired) electrons. The molecule has 0 saturated heterocycles. The van der Waals surface area contributed by atoms with Gasteiger partial charge in [0.05, 0.1) is 7.11 Å². The van der Waals surface area contributed by atoms with Crippen molar-refractivity contribution in [3.63, 3.8) is 0 Å². The van der Waals surface area contributed by atoms with Crippen LogP contribution >= 0.6 is 0 Å². The summed E-state index contributed by atoms with van der Waals surface area (Å²) >= 11 is 0. The fourth-order valence-electron chi connectivity index (χ4n) is 1.46. The Morgan fingerprint density at radius 2 is 1.72 bits per heavy atom. The van der Waals surface area contributed by atoms with Crippen LogP contribution in [-0.4, -0.2) is 42.8 Å². The third kappa shape index (κ3) is 5.89. The van der Waals surface area contributed by atoms with E-state index in [1.165, 1.54) is 12.0 Å². The molecule has 0 aromatic carbocycles. The number of hydrogen-bond donors (Lipinski definition) is 0. The number of methoxy groups -OCH3 is 1. The van der Waals surface area contributed by atoms with Gasteiger partial charge in [-0.25, -0.2) is 9.59 Å². The third-order valence-corrected chi connectivity index (χ3v) is 2.32. The SMILES string of the molecule is COC(=O)C(CC(C)C)N(C)C(=O)OC(C)(C)C. The lowest BCUT2D eigenvalue weighted by atomic mass is 10.0. The Morgan fingerprint density at radius 1 is 1.22 bits per heavy atom. The van der Waals surface area contributed by atoms with Crippen LogP contribution in [0.3, 0.4) is 0 Å². The van der Waals surface area contributed by atoms with Gasteiger partial charge in [0.1, 0.15) is 11.6 Å². The molecule has 5 heteroatoms. The molecule has 1 amide bonds. The second-order valence-electron chi connectivity index (χ2n) is 5.76. The van der Waals surface area contributed by atoms with Crippen LogP contribution in [0, 0.1) is 5.92 Å². The summed E-state index contributed by atoms with van der Waals surface area (Å²) in [6.45, 7) is 9.33. The lowest BCUT2D eigenvalue weighted by molar-refractivity contribution is -0.146. The first-order chi connectivity index (χ1) is 8.08. The van der Waals surface area contributed by atoms with Gasteiger partial charge in [0.2, 0.25) is 0 Å². The van der Waals surface area contributed by atoms with Crippen LogP contribution in [0.4, 0.5) is 4.79 Å². The van der Waals surface area contributed by atoms with Crippen LogP contribution in [0.25, 0.3) is 0 Å². The van der Waals surface area contributed by atoms with Crippen LogP contribution in [0.5, 0.6) is 0 Å². The van der Waals surface area contributed by atoms with E-state index in [0.29, 0.717) is 6.42 Å². The minimum atomic E-state index is -0.607. The molecule has 0 aromatic heterocycles. The predicted molar refractivity (Wildman–Crippen MR) is 69.3 cm³/mol. The molecule has 0 N–H and O–H groups in total. The highest BCUT2D eigenvalue weighted by atomic mass is 16.6. The molecule has 0 aliphatic rings. The second kappa shape index (κ2) is 6.61. The Morgan fingerprint density at radius 3 is 2.06 bits per heavy atom. The molecule has 5 nitrogen and oxygen atoms in total. The smallest absolute Gasteiger partial charge is 0.410 e. The van der Waals surface area contributed by atoms with Crippen LogP contribution < -0.4 is 0 Å². The van der Waals surface area contributed by atoms with Crippen molar-refractivity contribution in [3.05, 3.63) is 0 Å². The van der Waals surface area contributed by atoms with Crippen molar-refractivity contribution in [1.29, 1.82) is 0 Å². The van der Waals surface area contributed by atoms with E-state index in [0.717, 1.165) is 0 Å². The second-order valence-corrected chi connectivity index (χ2v) is 5.76. The van der Waals surface area contributed by atoms with Gasteiger partial charge in [-0.05, 0) is 33.1 Å². The largest absolute Gasteiger partial charge is 0.467 e. The number of ether oxygens (including phenoxy) is 2. The van der Waals surface area contributed by atoms with E-state index in [2.05, 4.69) is 0 Å². The maximum atomic E-state index is 11.9. The summed E-state index contributed by atoms with van der Waals surface area (Å²) in [4.78, 5) is 24.9. The number of hydrogen-bond acceptors (Lipinski definition) is 4. The minimum Gasteiger partial charge on any atom is -0.467 e.